The molecule has 0 saturated carbocycles. The summed E-state index contributed by atoms with van der Waals surface area (Å²) in [5, 5.41) is 4.91. The predicted octanol–water partition coefficient (Wildman–Crippen LogP) is 5.05. The third-order valence-electron chi connectivity index (χ3n) is 7.12. The van der Waals surface area contributed by atoms with Gasteiger partial charge >= 0.3 is 5.97 Å². The van der Waals surface area contributed by atoms with E-state index in [1.54, 1.807) is 18.4 Å². The lowest BCUT2D eigenvalue weighted by molar-refractivity contribution is -0.139. The normalized spacial score (nSPS) is 14.8. The smallest absolute Gasteiger partial charge is 0.338 e. The van der Waals surface area contributed by atoms with Crippen molar-refractivity contribution < 1.29 is 14.3 Å². The molecule has 0 amide bonds. The van der Waals surface area contributed by atoms with E-state index in [-0.39, 0.29) is 12.2 Å². The Morgan fingerprint density at radius 1 is 0.953 bits per heavy atom. The summed E-state index contributed by atoms with van der Waals surface area (Å²) in [6, 6.07) is 26.4. The number of carbonyl (C=O) groups excluding carboxylic acids is 1. The number of carbonyl (C=O) groups is 1. The lowest BCUT2D eigenvalue weighted by Crippen LogP contribution is -2.39. The van der Waals surface area contributed by atoms with Crippen LogP contribution in [0.25, 0.3) is 23.0 Å². The second-order valence-electron chi connectivity index (χ2n) is 9.88. The molecule has 0 bridgehead atoms. The number of aromatic nitrogens is 3. The topological polar surface area (TPSA) is 87.7 Å². The van der Waals surface area contributed by atoms with Crippen LogP contribution < -0.4 is 19.6 Å². The minimum absolute atomic E-state index is 0.223. The molecular weight excluding hydrogens is 560 g/mol. The molecule has 0 unspecified atom stereocenters. The van der Waals surface area contributed by atoms with Gasteiger partial charge in [-0.25, -0.2) is 14.5 Å². The van der Waals surface area contributed by atoms with Gasteiger partial charge in [-0.15, -0.1) is 0 Å². The van der Waals surface area contributed by atoms with Gasteiger partial charge in [-0.05, 0) is 68.8 Å². The number of hydrogen-bond acceptors (Lipinski definition) is 7. The molecule has 0 spiro atoms. The standard InChI is InChI=1S/C34H30N4O4S/c1-4-41-27-18-16-23(17-19-27)30-25(21-37(36-30)26-14-10-7-11-15-26)20-28-32(39)38-31(24-12-8-6-9-13-24)29(33(40)42-5-2)22(3)35-34(38)43-28/h6-21,31H,4-5H2,1-3H3/b28-20-/t31-/m1/s1. The summed E-state index contributed by atoms with van der Waals surface area (Å²) in [5.74, 6) is 0.297. The summed E-state index contributed by atoms with van der Waals surface area (Å²) in [4.78, 5) is 32.5. The summed E-state index contributed by atoms with van der Waals surface area (Å²) in [7, 11) is 0. The van der Waals surface area contributed by atoms with Crippen molar-refractivity contribution in [3.63, 3.8) is 0 Å². The summed E-state index contributed by atoms with van der Waals surface area (Å²) in [6.07, 6.45) is 3.77. The first-order valence-electron chi connectivity index (χ1n) is 14.1. The van der Waals surface area contributed by atoms with Crippen LogP contribution in [0.4, 0.5) is 0 Å². The van der Waals surface area contributed by atoms with E-state index in [0.717, 1.165) is 33.8 Å². The van der Waals surface area contributed by atoms with Crippen molar-refractivity contribution >= 4 is 23.4 Å². The van der Waals surface area contributed by atoms with Gasteiger partial charge in [-0.1, -0.05) is 59.9 Å². The number of benzene rings is 3. The van der Waals surface area contributed by atoms with Crippen molar-refractivity contribution in [2.24, 2.45) is 4.99 Å². The second kappa shape index (κ2) is 12.1. The van der Waals surface area contributed by atoms with E-state index in [2.05, 4.69) is 0 Å². The molecule has 3 heterocycles. The molecule has 8 nitrogen and oxygen atoms in total. The molecule has 1 aliphatic rings. The van der Waals surface area contributed by atoms with Gasteiger partial charge in [0.05, 0.1) is 40.7 Å². The maximum Gasteiger partial charge on any atom is 0.338 e. The summed E-state index contributed by atoms with van der Waals surface area (Å²) in [6.45, 7) is 6.30. The van der Waals surface area contributed by atoms with Gasteiger partial charge in [0, 0.05) is 17.3 Å². The molecule has 1 atom stereocenters. The first kappa shape index (κ1) is 28.1. The number of fused-ring (bicyclic) bond motifs is 1. The first-order valence-corrected chi connectivity index (χ1v) is 14.9. The molecule has 0 radical (unpaired) electrons. The highest BCUT2D eigenvalue weighted by Gasteiger charge is 2.33. The zero-order valence-electron chi connectivity index (χ0n) is 24.1. The van der Waals surface area contributed by atoms with Crippen LogP contribution in [0.15, 0.2) is 112 Å². The highest BCUT2D eigenvalue weighted by atomic mass is 32.1. The highest BCUT2D eigenvalue weighted by molar-refractivity contribution is 7.07. The molecule has 5 aromatic rings. The van der Waals surface area contributed by atoms with E-state index in [9.17, 15) is 9.59 Å². The fourth-order valence-corrected chi connectivity index (χ4v) is 6.23. The Morgan fingerprint density at radius 3 is 2.33 bits per heavy atom. The SMILES string of the molecule is CCOC(=O)C1=C(C)N=c2s/c(=C\c3cn(-c4ccccc4)nc3-c3ccc(OCC)cc3)c(=O)n2[C@@H]1c1ccccc1. The number of nitrogens with zero attached hydrogens (tertiary/aromatic N) is 4. The average Bonchev–Trinajstić information content (AvgIpc) is 3.58. The van der Waals surface area contributed by atoms with Crippen molar-refractivity contribution in [2.45, 2.75) is 26.8 Å². The van der Waals surface area contributed by atoms with Gasteiger partial charge in [-0.2, -0.15) is 5.10 Å². The van der Waals surface area contributed by atoms with Crippen LogP contribution in [0.5, 0.6) is 5.75 Å². The maximum absolute atomic E-state index is 14.1. The average molecular weight is 591 g/mol. The molecule has 0 aliphatic carbocycles. The Morgan fingerprint density at radius 2 is 1.65 bits per heavy atom. The van der Waals surface area contributed by atoms with Gasteiger partial charge in [-0.3, -0.25) is 9.36 Å². The van der Waals surface area contributed by atoms with Crippen LogP contribution in [-0.4, -0.2) is 33.5 Å². The third-order valence-corrected chi connectivity index (χ3v) is 8.10. The maximum atomic E-state index is 14.1. The van der Waals surface area contributed by atoms with Crippen LogP contribution in [-0.2, 0) is 9.53 Å². The van der Waals surface area contributed by atoms with Crippen LogP contribution >= 0.6 is 11.3 Å². The Balaban J connectivity index is 1.53. The van der Waals surface area contributed by atoms with Gasteiger partial charge in [0.25, 0.3) is 5.56 Å². The zero-order valence-corrected chi connectivity index (χ0v) is 24.9. The minimum Gasteiger partial charge on any atom is -0.494 e. The zero-order chi connectivity index (χ0) is 29.9. The quantitative estimate of drug-likeness (QED) is 0.236. The lowest BCUT2D eigenvalue weighted by atomic mass is 9.96. The molecule has 6 rings (SSSR count). The summed E-state index contributed by atoms with van der Waals surface area (Å²) >= 11 is 1.29. The third kappa shape index (κ3) is 5.47. The summed E-state index contributed by atoms with van der Waals surface area (Å²) in [5.41, 5.74) is 4.74. The fraction of sp³-hybridized carbons (Fsp3) is 0.176. The van der Waals surface area contributed by atoms with Crippen molar-refractivity contribution in [2.75, 3.05) is 13.2 Å². The van der Waals surface area contributed by atoms with E-state index >= 15 is 0 Å². The van der Waals surface area contributed by atoms with E-state index in [4.69, 9.17) is 19.6 Å². The Labute approximate surface area is 252 Å². The molecule has 0 saturated heterocycles. The largest absolute Gasteiger partial charge is 0.494 e. The molecule has 216 valence electrons. The van der Waals surface area contributed by atoms with Gasteiger partial charge in [0.1, 0.15) is 11.4 Å². The molecular formula is C34H30N4O4S. The number of allylic oxidation sites excluding steroid dienone is 1. The number of para-hydroxylation sites is 1. The number of esters is 1. The van der Waals surface area contributed by atoms with Crippen molar-refractivity contribution in [1.29, 1.82) is 0 Å². The number of hydrogen-bond donors (Lipinski definition) is 0. The van der Waals surface area contributed by atoms with Crippen molar-refractivity contribution in [3.05, 3.63) is 133 Å². The van der Waals surface area contributed by atoms with Crippen molar-refractivity contribution in [3.8, 4) is 22.7 Å². The minimum atomic E-state index is -0.656. The Bertz CT molecular complexity index is 1990. The van der Waals surface area contributed by atoms with E-state index in [1.807, 2.05) is 109 Å². The molecule has 0 N–H and O–H groups in total. The van der Waals surface area contributed by atoms with E-state index < -0.39 is 12.0 Å². The van der Waals surface area contributed by atoms with Crippen LogP contribution in [0.2, 0.25) is 0 Å². The monoisotopic (exact) mass is 590 g/mol. The van der Waals surface area contributed by atoms with E-state index in [0.29, 0.717) is 27.2 Å². The molecule has 0 fully saturated rings. The predicted molar refractivity (Wildman–Crippen MR) is 167 cm³/mol. The van der Waals surface area contributed by atoms with Gasteiger partial charge < -0.3 is 9.47 Å². The first-order chi connectivity index (χ1) is 21.0. The number of ether oxygens (including phenoxy) is 2. The Hall–Kier alpha value is -5.02. The van der Waals surface area contributed by atoms with Crippen LogP contribution in [0.1, 0.15) is 37.9 Å². The molecule has 43 heavy (non-hydrogen) atoms. The van der Waals surface area contributed by atoms with Gasteiger partial charge in [0.2, 0.25) is 0 Å². The second-order valence-corrected chi connectivity index (χ2v) is 10.9. The van der Waals surface area contributed by atoms with Crippen LogP contribution in [0.3, 0.4) is 0 Å². The van der Waals surface area contributed by atoms with Gasteiger partial charge in [0.15, 0.2) is 4.80 Å². The molecule has 3 aromatic carbocycles. The highest BCUT2D eigenvalue weighted by Crippen LogP contribution is 2.31. The molecule has 1 aliphatic heterocycles. The van der Waals surface area contributed by atoms with E-state index in [1.165, 1.54) is 11.3 Å². The van der Waals surface area contributed by atoms with Crippen LogP contribution in [0, 0.1) is 0 Å². The van der Waals surface area contributed by atoms with Crippen molar-refractivity contribution in [1.82, 2.24) is 14.3 Å². The number of rotatable bonds is 8. The number of thiazole rings is 1. The lowest BCUT2D eigenvalue weighted by Gasteiger charge is -2.24. The molecule has 2 aromatic heterocycles. The summed E-state index contributed by atoms with van der Waals surface area (Å²) < 4.78 is 14.9. The molecule has 9 heteroatoms. The fourth-order valence-electron chi connectivity index (χ4n) is 5.19. The Kier molecular flexibility index (Phi) is 7.89.